The average molecular weight is 555 g/mol. The first-order valence-electron chi connectivity index (χ1n) is 13.5. The summed E-state index contributed by atoms with van der Waals surface area (Å²) >= 11 is 0. The first-order chi connectivity index (χ1) is 19.6. The number of hydrogen-bond acceptors (Lipinski definition) is 4. The summed E-state index contributed by atoms with van der Waals surface area (Å²) in [5, 5.41) is 18.6. The lowest BCUT2D eigenvalue weighted by Gasteiger charge is -2.37. The molecule has 2 unspecified atom stereocenters. The van der Waals surface area contributed by atoms with Crippen LogP contribution in [-0.4, -0.2) is 33.8 Å². The molecule has 0 saturated carbocycles. The minimum atomic E-state index is -4.75. The second-order valence-corrected chi connectivity index (χ2v) is 11.0. The van der Waals surface area contributed by atoms with Gasteiger partial charge in [0.25, 0.3) is 0 Å². The van der Waals surface area contributed by atoms with Crippen LogP contribution in [0.2, 0.25) is 0 Å². The molecule has 6 rings (SSSR count). The van der Waals surface area contributed by atoms with E-state index in [4.69, 9.17) is 0 Å². The van der Waals surface area contributed by atoms with Crippen molar-refractivity contribution in [1.82, 2.24) is 5.01 Å². The van der Waals surface area contributed by atoms with Gasteiger partial charge in [-0.05, 0) is 30.5 Å². The Morgan fingerprint density at radius 1 is 0.780 bits per heavy atom. The maximum absolute atomic E-state index is 14.7. The van der Waals surface area contributed by atoms with Gasteiger partial charge in [-0.15, -0.1) is 0 Å². The van der Waals surface area contributed by atoms with Gasteiger partial charge in [0.15, 0.2) is 11.5 Å². The fourth-order valence-corrected chi connectivity index (χ4v) is 6.46. The molecule has 4 aromatic rings. The molecule has 2 heterocycles. The van der Waals surface area contributed by atoms with E-state index in [-0.39, 0.29) is 5.78 Å². The van der Waals surface area contributed by atoms with Gasteiger partial charge >= 0.3 is 6.18 Å². The Balaban J connectivity index is 1.65. The van der Waals surface area contributed by atoms with Crippen LogP contribution < -0.4 is 0 Å². The van der Waals surface area contributed by atoms with E-state index in [2.05, 4.69) is 5.10 Å². The maximum atomic E-state index is 14.7. The summed E-state index contributed by atoms with van der Waals surface area (Å²) in [4.78, 5) is 14.5. The summed E-state index contributed by atoms with van der Waals surface area (Å²) in [6.45, 7) is 3.80. The minimum Gasteiger partial charge on any atom is -0.382 e. The van der Waals surface area contributed by atoms with Crippen LogP contribution in [0.5, 0.6) is 0 Å². The van der Waals surface area contributed by atoms with E-state index in [9.17, 15) is 23.1 Å². The molecule has 1 fully saturated rings. The molecule has 41 heavy (non-hydrogen) atoms. The van der Waals surface area contributed by atoms with Gasteiger partial charge in [0.2, 0.25) is 0 Å². The van der Waals surface area contributed by atoms with Crippen LogP contribution in [0.25, 0.3) is 0 Å². The summed E-state index contributed by atoms with van der Waals surface area (Å²) < 4.78 is 44.1. The number of aliphatic hydroxyl groups is 1. The molecule has 5 atom stereocenters. The molecular formula is C34H29F3N2O2. The van der Waals surface area contributed by atoms with Gasteiger partial charge in [0.05, 0.1) is 23.9 Å². The normalized spacial score (nSPS) is 25.6. The lowest BCUT2D eigenvalue weighted by atomic mass is 9.68. The van der Waals surface area contributed by atoms with Crippen LogP contribution in [0.15, 0.2) is 114 Å². The minimum absolute atomic E-state index is 0.355. The molecule has 2 aliphatic heterocycles. The number of Topliss-reactive ketones (excluding diaryl/α,β-unsaturated/α-hetero) is 1. The number of carbonyl (C=O) groups excluding carboxylic acids is 1. The Hall–Kier alpha value is -4.23. The van der Waals surface area contributed by atoms with Crippen molar-refractivity contribution in [2.45, 2.75) is 43.6 Å². The summed E-state index contributed by atoms with van der Waals surface area (Å²) in [6.07, 6.45) is -4.75. The summed E-state index contributed by atoms with van der Waals surface area (Å²) in [5.41, 5.74) is 0.610. The molecule has 4 aromatic carbocycles. The molecule has 4 nitrogen and oxygen atoms in total. The number of fused-ring (bicyclic) bond motifs is 1. The Labute approximate surface area is 236 Å². The van der Waals surface area contributed by atoms with Gasteiger partial charge in [-0.1, -0.05) is 120 Å². The molecule has 208 valence electrons. The van der Waals surface area contributed by atoms with Gasteiger partial charge in [-0.3, -0.25) is 9.80 Å². The van der Waals surface area contributed by atoms with E-state index in [0.29, 0.717) is 22.3 Å². The summed E-state index contributed by atoms with van der Waals surface area (Å²) in [7, 11) is 0. The Bertz CT molecular complexity index is 1590. The molecule has 0 aliphatic carbocycles. The number of aryl methyl sites for hydroxylation is 2. The number of hydrazone groups is 1. The van der Waals surface area contributed by atoms with Crippen molar-refractivity contribution in [3.63, 3.8) is 0 Å². The number of rotatable bonds is 5. The van der Waals surface area contributed by atoms with Crippen molar-refractivity contribution in [3.05, 3.63) is 143 Å². The molecular weight excluding hydrogens is 525 g/mol. The number of halogens is 3. The predicted octanol–water partition coefficient (Wildman–Crippen LogP) is 7.13. The Kier molecular flexibility index (Phi) is 6.57. The van der Waals surface area contributed by atoms with E-state index in [0.717, 1.165) is 11.1 Å². The predicted molar refractivity (Wildman–Crippen MR) is 152 cm³/mol. The third-order valence-corrected chi connectivity index (χ3v) is 8.37. The molecule has 0 amide bonds. The van der Waals surface area contributed by atoms with Crippen LogP contribution in [0.3, 0.4) is 0 Å². The number of hydrogen-bond donors (Lipinski definition) is 1. The van der Waals surface area contributed by atoms with Crippen molar-refractivity contribution in [3.8, 4) is 0 Å². The molecule has 0 radical (unpaired) electrons. The second-order valence-electron chi connectivity index (χ2n) is 11.0. The van der Waals surface area contributed by atoms with E-state index in [1.54, 1.807) is 97.1 Å². The summed E-state index contributed by atoms with van der Waals surface area (Å²) in [6, 6.07) is 29.2. The molecule has 0 aromatic heterocycles. The molecule has 0 bridgehead atoms. The zero-order valence-electron chi connectivity index (χ0n) is 22.6. The highest BCUT2D eigenvalue weighted by Crippen LogP contribution is 2.60. The molecule has 2 aliphatic rings. The maximum Gasteiger partial charge on any atom is 0.431 e. The van der Waals surface area contributed by atoms with Gasteiger partial charge in [0, 0.05) is 5.56 Å². The zero-order valence-corrected chi connectivity index (χ0v) is 22.6. The van der Waals surface area contributed by atoms with E-state index < -0.39 is 41.4 Å². The second kappa shape index (κ2) is 10.00. The van der Waals surface area contributed by atoms with E-state index in [1.165, 1.54) is 5.01 Å². The molecule has 0 spiro atoms. The number of ketones is 1. The third-order valence-electron chi connectivity index (χ3n) is 8.37. The van der Waals surface area contributed by atoms with E-state index in [1.807, 2.05) is 26.0 Å². The van der Waals surface area contributed by atoms with Gasteiger partial charge in [-0.2, -0.15) is 18.3 Å². The standard InChI is InChI=1S/C34H29F3N2O2/c1-21-13-17-25(18-14-21)30(40)28-29(24-11-7-4-8-12-24)39-32(33(28,41)26-19-15-22(2)16-20-26)27(23-9-5-3-6-10-23)31(38-39)34(35,36)37/h3-20,27-29,32,41H,1-2H3/t27-,28?,29-,32?,33-/m1/s1. The first-order valence-corrected chi connectivity index (χ1v) is 13.5. The highest BCUT2D eigenvalue weighted by molar-refractivity contribution is 6.02. The average Bonchev–Trinajstić information content (AvgIpc) is 3.49. The zero-order chi connectivity index (χ0) is 28.9. The van der Waals surface area contributed by atoms with Crippen LogP contribution in [0.4, 0.5) is 13.2 Å². The molecule has 1 N–H and O–H groups in total. The summed E-state index contributed by atoms with van der Waals surface area (Å²) in [5.74, 6) is -2.83. The van der Waals surface area contributed by atoms with Crippen molar-refractivity contribution in [1.29, 1.82) is 0 Å². The Morgan fingerprint density at radius 2 is 1.29 bits per heavy atom. The van der Waals surface area contributed by atoms with Crippen LogP contribution >= 0.6 is 0 Å². The highest BCUT2D eigenvalue weighted by atomic mass is 19.4. The molecule has 7 heteroatoms. The van der Waals surface area contributed by atoms with Gasteiger partial charge < -0.3 is 5.11 Å². The van der Waals surface area contributed by atoms with Gasteiger partial charge in [0.1, 0.15) is 5.60 Å². The number of benzene rings is 4. The third kappa shape index (κ3) is 4.45. The number of alkyl halides is 3. The molecule has 1 saturated heterocycles. The lowest BCUT2D eigenvalue weighted by Crippen LogP contribution is -2.49. The highest BCUT2D eigenvalue weighted by Gasteiger charge is 2.69. The largest absolute Gasteiger partial charge is 0.431 e. The number of carbonyl (C=O) groups is 1. The SMILES string of the molecule is Cc1ccc(C(=O)C2[C@@H](c3ccccc3)N3N=C(C(F)(F)F)[C@@H](c4ccccc4)C3[C@@]2(O)c2ccc(C)cc2)cc1. The smallest absolute Gasteiger partial charge is 0.382 e. The number of nitrogens with zero attached hydrogens (tertiary/aromatic N) is 2. The van der Waals surface area contributed by atoms with Crippen molar-refractivity contribution in [2.75, 3.05) is 0 Å². The van der Waals surface area contributed by atoms with Crippen LogP contribution in [-0.2, 0) is 5.60 Å². The van der Waals surface area contributed by atoms with Crippen molar-refractivity contribution in [2.24, 2.45) is 11.0 Å². The fraction of sp³-hybridized carbons (Fsp3) is 0.235. The van der Waals surface area contributed by atoms with Crippen molar-refractivity contribution >= 4 is 11.5 Å². The van der Waals surface area contributed by atoms with Crippen molar-refractivity contribution < 1.29 is 23.1 Å². The topological polar surface area (TPSA) is 52.9 Å². The Morgan fingerprint density at radius 3 is 1.83 bits per heavy atom. The van der Waals surface area contributed by atoms with Crippen LogP contribution in [0, 0.1) is 19.8 Å². The van der Waals surface area contributed by atoms with Gasteiger partial charge in [-0.25, -0.2) is 0 Å². The quantitative estimate of drug-likeness (QED) is 0.267. The lowest BCUT2D eigenvalue weighted by molar-refractivity contribution is -0.0631. The monoisotopic (exact) mass is 554 g/mol. The van der Waals surface area contributed by atoms with Crippen LogP contribution in [0.1, 0.15) is 50.1 Å². The van der Waals surface area contributed by atoms with E-state index >= 15 is 0 Å². The fourth-order valence-electron chi connectivity index (χ4n) is 6.46. The first kappa shape index (κ1) is 27.0.